The number of aryl methyl sites for hydroxylation is 1. The first kappa shape index (κ1) is 24.1. The fraction of sp³-hybridized carbons (Fsp3) is 0.240. The summed E-state index contributed by atoms with van der Waals surface area (Å²) in [5.74, 6) is 1.56. The van der Waals surface area contributed by atoms with Crippen molar-refractivity contribution in [2.75, 3.05) is 23.7 Å². The number of carbonyl (C=O) groups is 1. The molecule has 33 heavy (non-hydrogen) atoms. The molecule has 174 valence electrons. The van der Waals surface area contributed by atoms with E-state index in [9.17, 15) is 13.2 Å². The molecule has 0 bridgehead atoms. The zero-order valence-corrected chi connectivity index (χ0v) is 19.7. The summed E-state index contributed by atoms with van der Waals surface area (Å²) in [6.45, 7) is 4.01. The molecule has 8 heteroatoms. The van der Waals surface area contributed by atoms with Gasteiger partial charge in [0.15, 0.2) is 0 Å². The fourth-order valence-electron chi connectivity index (χ4n) is 3.30. The Labute approximate surface area is 195 Å². The van der Waals surface area contributed by atoms with Crippen molar-refractivity contribution in [3.05, 3.63) is 84.4 Å². The van der Waals surface area contributed by atoms with Gasteiger partial charge in [-0.1, -0.05) is 36.4 Å². The predicted molar refractivity (Wildman–Crippen MR) is 129 cm³/mol. The van der Waals surface area contributed by atoms with Crippen molar-refractivity contribution in [2.24, 2.45) is 0 Å². The second-order valence-corrected chi connectivity index (χ2v) is 9.41. The Balaban J connectivity index is 1.63. The van der Waals surface area contributed by atoms with E-state index in [1.165, 1.54) is 0 Å². The molecule has 0 aromatic heterocycles. The van der Waals surface area contributed by atoms with E-state index in [0.29, 0.717) is 17.2 Å². The number of hydrogen-bond acceptors (Lipinski definition) is 5. The largest absolute Gasteiger partial charge is 0.491 e. The normalized spacial score (nSPS) is 12.0. The van der Waals surface area contributed by atoms with Gasteiger partial charge in [0.1, 0.15) is 29.9 Å². The highest BCUT2D eigenvalue weighted by Gasteiger charge is 2.29. The molecule has 7 nitrogen and oxygen atoms in total. The number of ether oxygens (including phenoxy) is 2. The quantitative estimate of drug-likeness (QED) is 0.452. The summed E-state index contributed by atoms with van der Waals surface area (Å²) in [5.41, 5.74) is 1.37. The number of sulfonamides is 1. The maximum Gasteiger partial charge on any atom is 0.243 e. The van der Waals surface area contributed by atoms with Crippen molar-refractivity contribution in [3.8, 4) is 17.2 Å². The SMILES string of the molecule is Cc1ccccc1OCCNC(=O)[C@H](C)N(c1ccc(Oc2ccccc2)cc1)S(C)(=O)=O. The summed E-state index contributed by atoms with van der Waals surface area (Å²) in [4.78, 5) is 12.7. The third-order valence-electron chi connectivity index (χ3n) is 4.91. The van der Waals surface area contributed by atoms with E-state index in [2.05, 4.69) is 5.32 Å². The second-order valence-electron chi connectivity index (χ2n) is 7.55. The average molecular weight is 469 g/mol. The van der Waals surface area contributed by atoms with Crippen LogP contribution in [0.3, 0.4) is 0 Å². The Morgan fingerprint density at radius 3 is 2.18 bits per heavy atom. The minimum Gasteiger partial charge on any atom is -0.491 e. The predicted octanol–water partition coefficient (Wildman–Crippen LogP) is 4.14. The number of hydrogen-bond donors (Lipinski definition) is 1. The number of nitrogens with one attached hydrogen (secondary N) is 1. The van der Waals surface area contributed by atoms with Crippen molar-refractivity contribution in [1.82, 2.24) is 5.32 Å². The number of carbonyl (C=O) groups excluding carboxylic acids is 1. The summed E-state index contributed by atoms with van der Waals surface area (Å²) < 4.78 is 37.5. The van der Waals surface area contributed by atoms with Crippen LogP contribution in [0, 0.1) is 6.92 Å². The lowest BCUT2D eigenvalue weighted by Crippen LogP contribution is -2.48. The van der Waals surface area contributed by atoms with E-state index in [-0.39, 0.29) is 13.2 Å². The molecule has 0 spiro atoms. The van der Waals surface area contributed by atoms with Gasteiger partial charge in [-0.3, -0.25) is 9.10 Å². The first-order valence-corrected chi connectivity index (χ1v) is 12.4. The van der Waals surface area contributed by atoms with Crippen LogP contribution < -0.4 is 19.1 Å². The number of nitrogens with zero attached hydrogens (tertiary/aromatic N) is 1. The molecular weight excluding hydrogens is 440 g/mol. The molecule has 1 amide bonds. The van der Waals surface area contributed by atoms with E-state index in [4.69, 9.17) is 9.47 Å². The number of para-hydroxylation sites is 2. The van der Waals surface area contributed by atoms with Gasteiger partial charge in [-0.05, 0) is 61.9 Å². The van der Waals surface area contributed by atoms with Crippen LogP contribution in [0.2, 0.25) is 0 Å². The highest BCUT2D eigenvalue weighted by atomic mass is 32.2. The molecule has 0 aliphatic heterocycles. The van der Waals surface area contributed by atoms with Crippen molar-refractivity contribution in [1.29, 1.82) is 0 Å². The molecule has 0 fully saturated rings. The van der Waals surface area contributed by atoms with Crippen LogP contribution >= 0.6 is 0 Å². The maximum atomic E-state index is 12.7. The van der Waals surface area contributed by atoms with Crippen molar-refractivity contribution in [2.45, 2.75) is 19.9 Å². The van der Waals surface area contributed by atoms with Gasteiger partial charge in [-0.15, -0.1) is 0 Å². The van der Waals surface area contributed by atoms with Crippen LogP contribution in [0.4, 0.5) is 5.69 Å². The van der Waals surface area contributed by atoms with Gasteiger partial charge in [0, 0.05) is 0 Å². The van der Waals surface area contributed by atoms with E-state index in [0.717, 1.165) is 21.9 Å². The molecule has 0 unspecified atom stereocenters. The molecule has 0 aliphatic carbocycles. The number of rotatable bonds is 10. The molecule has 1 atom stereocenters. The Bertz CT molecular complexity index is 1160. The van der Waals surface area contributed by atoms with Gasteiger partial charge in [0.05, 0.1) is 18.5 Å². The maximum absolute atomic E-state index is 12.7. The molecule has 3 aromatic carbocycles. The summed E-state index contributed by atoms with van der Waals surface area (Å²) in [5, 5.41) is 2.74. The Kier molecular flexibility index (Phi) is 7.95. The Morgan fingerprint density at radius 1 is 0.939 bits per heavy atom. The molecule has 0 heterocycles. The summed E-state index contributed by atoms with van der Waals surface area (Å²) >= 11 is 0. The van der Waals surface area contributed by atoms with Gasteiger partial charge < -0.3 is 14.8 Å². The number of anilines is 1. The van der Waals surface area contributed by atoms with E-state index in [1.807, 2.05) is 61.5 Å². The first-order chi connectivity index (χ1) is 15.8. The third kappa shape index (κ3) is 6.73. The van der Waals surface area contributed by atoms with Gasteiger partial charge in [-0.25, -0.2) is 8.42 Å². The van der Waals surface area contributed by atoms with Crippen LogP contribution in [0.15, 0.2) is 78.9 Å². The molecule has 0 saturated heterocycles. The standard InChI is InChI=1S/C25H28N2O5S/c1-19-9-7-8-12-24(19)31-18-17-26-25(28)20(2)27(33(3,29)30)21-13-15-23(16-14-21)32-22-10-5-4-6-11-22/h4-16,20H,17-18H2,1-3H3,(H,26,28)/t20-/m0/s1. The third-order valence-corrected chi connectivity index (χ3v) is 6.15. The number of benzene rings is 3. The first-order valence-electron chi connectivity index (χ1n) is 10.5. The van der Waals surface area contributed by atoms with Crippen LogP contribution in [-0.2, 0) is 14.8 Å². The lowest BCUT2D eigenvalue weighted by molar-refractivity contribution is -0.121. The minimum absolute atomic E-state index is 0.249. The molecule has 0 radical (unpaired) electrons. The van der Waals surface area contributed by atoms with Crippen LogP contribution in [-0.4, -0.2) is 39.8 Å². The topological polar surface area (TPSA) is 84.9 Å². The zero-order valence-electron chi connectivity index (χ0n) is 18.9. The van der Waals surface area contributed by atoms with Crippen molar-refractivity contribution in [3.63, 3.8) is 0 Å². The van der Waals surface area contributed by atoms with Crippen LogP contribution in [0.1, 0.15) is 12.5 Å². The van der Waals surface area contributed by atoms with Gasteiger partial charge in [-0.2, -0.15) is 0 Å². The summed E-state index contributed by atoms with van der Waals surface area (Å²) in [6.07, 6.45) is 1.08. The monoisotopic (exact) mass is 468 g/mol. The Morgan fingerprint density at radius 2 is 1.55 bits per heavy atom. The zero-order chi connectivity index (χ0) is 23.8. The lowest BCUT2D eigenvalue weighted by Gasteiger charge is -2.28. The van der Waals surface area contributed by atoms with E-state index < -0.39 is 22.0 Å². The lowest BCUT2D eigenvalue weighted by atomic mass is 10.2. The Hall–Kier alpha value is -3.52. The molecule has 0 aliphatic rings. The van der Waals surface area contributed by atoms with Crippen LogP contribution in [0.25, 0.3) is 0 Å². The highest BCUT2D eigenvalue weighted by molar-refractivity contribution is 7.92. The van der Waals surface area contributed by atoms with Crippen LogP contribution in [0.5, 0.6) is 17.2 Å². The molecule has 3 aromatic rings. The van der Waals surface area contributed by atoms with Crippen molar-refractivity contribution < 1.29 is 22.7 Å². The van der Waals surface area contributed by atoms with Gasteiger partial charge in [0.25, 0.3) is 0 Å². The smallest absolute Gasteiger partial charge is 0.243 e. The van der Waals surface area contributed by atoms with E-state index >= 15 is 0 Å². The van der Waals surface area contributed by atoms with E-state index in [1.54, 1.807) is 31.2 Å². The molecular formula is C25H28N2O5S. The summed E-state index contributed by atoms with van der Waals surface area (Å²) in [7, 11) is -3.71. The highest BCUT2D eigenvalue weighted by Crippen LogP contribution is 2.27. The molecule has 1 N–H and O–H groups in total. The van der Waals surface area contributed by atoms with Gasteiger partial charge >= 0.3 is 0 Å². The number of amides is 1. The molecule has 0 saturated carbocycles. The molecule has 3 rings (SSSR count). The fourth-order valence-corrected chi connectivity index (χ4v) is 4.47. The average Bonchev–Trinajstić information content (AvgIpc) is 2.78. The van der Waals surface area contributed by atoms with Gasteiger partial charge in [0.2, 0.25) is 15.9 Å². The van der Waals surface area contributed by atoms with Crippen molar-refractivity contribution >= 4 is 21.6 Å². The minimum atomic E-state index is -3.71. The second kappa shape index (κ2) is 10.9. The summed E-state index contributed by atoms with van der Waals surface area (Å²) in [6, 6.07) is 22.5.